The van der Waals surface area contributed by atoms with Gasteiger partial charge in [-0.05, 0) is 49.4 Å². The van der Waals surface area contributed by atoms with Gasteiger partial charge in [-0.15, -0.1) is 0 Å². The molecule has 1 aliphatic rings. The van der Waals surface area contributed by atoms with E-state index in [9.17, 15) is 4.79 Å². The Labute approximate surface area is 190 Å². The molecular weight excluding hydrogens is 418 g/mol. The van der Waals surface area contributed by atoms with Crippen LogP contribution in [0.3, 0.4) is 0 Å². The molecule has 0 spiro atoms. The van der Waals surface area contributed by atoms with Crippen molar-refractivity contribution in [1.82, 2.24) is 19.9 Å². The summed E-state index contributed by atoms with van der Waals surface area (Å²) in [7, 11) is 0. The molecule has 1 fully saturated rings. The Morgan fingerprint density at radius 1 is 0.909 bits per heavy atom. The van der Waals surface area contributed by atoms with Gasteiger partial charge in [0, 0.05) is 48.5 Å². The second kappa shape index (κ2) is 9.17. The standard InChI is InChI=1S/C24H23N7O2/c1-16-27-22(15-23(28-16)31-10-12-33-13-11-31)29-18-3-5-19(6-4-18)30-24(32)17-2-7-20-21(14-17)26-9-8-25-20/h2-9,14-15H,10-13H2,1H3,(H,30,32)(H,27,28,29). The zero-order chi connectivity index (χ0) is 22.6. The summed E-state index contributed by atoms with van der Waals surface area (Å²) in [6, 6.07) is 14.7. The van der Waals surface area contributed by atoms with E-state index in [4.69, 9.17) is 4.74 Å². The number of fused-ring (bicyclic) bond motifs is 1. The first-order valence-electron chi connectivity index (χ1n) is 10.7. The smallest absolute Gasteiger partial charge is 0.255 e. The minimum absolute atomic E-state index is 0.204. The summed E-state index contributed by atoms with van der Waals surface area (Å²) in [6.45, 7) is 4.91. The van der Waals surface area contributed by atoms with Gasteiger partial charge < -0.3 is 20.3 Å². The average Bonchev–Trinajstić information content (AvgIpc) is 2.85. The first kappa shape index (κ1) is 20.8. The maximum Gasteiger partial charge on any atom is 0.255 e. The highest BCUT2D eigenvalue weighted by atomic mass is 16.5. The van der Waals surface area contributed by atoms with Crippen molar-refractivity contribution < 1.29 is 9.53 Å². The Bertz CT molecular complexity index is 1290. The van der Waals surface area contributed by atoms with Crippen LogP contribution < -0.4 is 15.5 Å². The lowest BCUT2D eigenvalue weighted by molar-refractivity contribution is 0.102. The number of anilines is 4. The van der Waals surface area contributed by atoms with Crippen LogP contribution in [0.2, 0.25) is 0 Å². The average molecular weight is 441 g/mol. The van der Waals surface area contributed by atoms with Crippen molar-refractivity contribution in [3.05, 3.63) is 72.3 Å². The zero-order valence-electron chi connectivity index (χ0n) is 18.2. The highest BCUT2D eigenvalue weighted by Crippen LogP contribution is 2.22. The molecule has 33 heavy (non-hydrogen) atoms. The normalized spacial score (nSPS) is 13.7. The number of ether oxygens (including phenoxy) is 1. The van der Waals surface area contributed by atoms with E-state index in [1.54, 1.807) is 30.6 Å². The lowest BCUT2D eigenvalue weighted by Gasteiger charge is -2.28. The van der Waals surface area contributed by atoms with E-state index < -0.39 is 0 Å². The van der Waals surface area contributed by atoms with E-state index in [1.165, 1.54) is 0 Å². The monoisotopic (exact) mass is 441 g/mol. The van der Waals surface area contributed by atoms with E-state index in [2.05, 4.69) is 35.5 Å². The van der Waals surface area contributed by atoms with Crippen LogP contribution in [0, 0.1) is 6.92 Å². The fourth-order valence-corrected chi connectivity index (χ4v) is 3.66. The van der Waals surface area contributed by atoms with E-state index in [0.29, 0.717) is 35.8 Å². The number of amides is 1. The number of carbonyl (C=O) groups is 1. The molecule has 4 aromatic rings. The minimum Gasteiger partial charge on any atom is -0.378 e. The van der Waals surface area contributed by atoms with Crippen molar-refractivity contribution in [2.45, 2.75) is 6.92 Å². The van der Waals surface area contributed by atoms with Gasteiger partial charge in [0.1, 0.15) is 17.5 Å². The maximum atomic E-state index is 12.7. The van der Waals surface area contributed by atoms with Gasteiger partial charge in [-0.3, -0.25) is 14.8 Å². The van der Waals surface area contributed by atoms with Crippen LogP contribution in [0.4, 0.5) is 23.0 Å². The van der Waals surface area contributed by atoms with Crippen LogP contribution >= 0.6 is 0 Å². The number of nitrogens with zero attached hydrogens (tertiary/aromatic N) is 5. The number of hydrogen-bond acceptors (Lipinski definition) is 8. The summed E-state index contributed by atoms with van der Waals surface area (Å²) in [5, 5.41) is 6.24. The van der Waals surface area contributed by atoms with E-state index in [-0.39, 0.29) is 5.91 Å². The molecule has 0 bridgehead atoms. The third-order valence-corrected chi connectivity index (χ3v) is 5.31. The number of nitrogens with one attached hydrogen (secondary N) is 2. The van der Waals surface area contributed by atoms with Crippen LogP contribution in [-0.2, 0) is 4.74 Å². The SMILES string of the molecule is Cc1nc(Nc2ccc(NC(=O)c3ccc4nccnc4c3)cc2)cc(N2CCOCC2)n1. The Morgan fingerprint density at radius 2 is 1.64 bits per heavy atom. The Hall–Kier alpha value is -4.11. The van der Waals surface area contributed by atoms with Crippen molar-refractivity contribution in [3.8, 4) is 0 Å². The van der Waals surface area contributed by atoms with Gasteiger partial charge in [0.15, 0.2) is 0 Å². The lowest BCUT2D eigenvalue weighted by Crippen LogP contribution is -2.36. The topological polar surface area (TPSA) is 105 Å². The molecule has 1 aliphatic heterocycles. The summed E-state index contributed by atoms with van der Waals surface area (Å²) in [5.74, 6) is 2.10. The summed E-state index contributed by atoms with van der Waals surface area (Å²) in [4.78, 5) is 32.4. The summed E-state index contributed by atoms with van der Waals surface area (Å²) >= 11 is 0. The number of rotatable bonds is 5. The second-order valence-electron chi connectivity index (χ2n) is 7.67. The quantitative estimate of drug-likeness (QED) is 0.484. The van der Waals surface area contributed by atoms with Crippen molar-refractivity contribution >= 4 is 40.0 Å². The van der Waals surface area contributed by atoms with Crippen LogP contribution in [0.1, 0.15) is 16.2 Å². The summed E-state index contributed by atoms with van der Waals surface area (Å²) in [6.07, 6.45) is 3.24. The molecule has 0 unspecified atom stereocenters. The van der Waals surface area contributed by atoms with Crippen LogP contribution in [0.5, 0.6) is 0 Å². The first-order valence-corrected chi connectivity index (χ1v) is 10.7. The van der Waals surface area contributed by atoms with Crippen LogP contribution in [0.25, 0.3) is 11.0 Å². The highest BCUT2D eigenvalue weighted by Gasteiger charge is 2.14. The molecular formula is C24H23N7O2. The molecule has 9 nitrogen and oxygen atoms in total. The molecule has 5 rings (SSSR count). The molecule has 3 heterocycles. The van der Waals surface area contributed by atoms with Gasteiger partial charge in [0.25, 0.3) is 5.91 Å². The largest absolute Gasteiger partial charge is 0.378 e. The molecule has 1 amide bonds. The van der Waals surface area contributed by atoms with Crippen molar-refractivity contribution in [3.63, 3.8) is 0 Å². The minimum atomic E-state index is -0.204. The maximum absolute atomic E-state index is 12.7. The molecule has 2 aromatic heterocycles. The highest BCUT2D eigenvalue weighted by molar-refractivity contribution is 6.05. The van der Waals surface area contributed by atoms with Crippen LogP contribution in [0.15, 0.2) is 60.9 Å². The molecule has 2 aromatic carbocycles. The molecule has 1 saturated heterocycles. The predicted molar refractivity (Wildman–Crippen MR) is 127 cm³/mol. The third-order valence-electron chi connectivity index (χ3n) is 5.31. The van der Waals surface area contributed by atoms with Crippen molar-refractivity contribution in [2.75, 3.05) is 41.8 Å². The number of aryl methyl sites for hydroxylation is 1. The van der Waals surface area contributed by atoms with Crippen LogP contribution in [-0.4, -0.2) is 52.1 Å². The fraction of sp³-hybridized carbons (Fsp3) is 0.208. The first-order chi connectivity index (χ1) is 16.1. The van der Waals surface area contributed by atoms with Gasteiger partial charge in [0.05, 0.1) is 24.2 Å². The van der Waals surface area contributed by atoms with Gasteiger partial charge in [-0.25, -0.2) is 9.97 Å². The number of benzene rings is 2. The van der Waals surface area contributed by atoms with Crippen molar-refractivity contribution in [2.24, 2.45) is 0 Å². The molecule has 2 N–H and O–H groups in total. The molecule has 0 radical (unpaired) electrons. The zero-order valence-corrected chi connectivity index (χ0v) is 18.2. The fourth-order valence-electron chi connectivity index (χ4n) is 3.66. The van der Waals surface area contributed by atoms with E-state index in [0.717, 1.165) is 35.9 Å². The molecule has 0 atom stereocenters. The van der Waals surface area contributed by atoms with Gasteiger partial charge in [-0.2, -0.15) is 0 Å². The lowest BCUT2D eigenvalue weighted by atomic mass is 10.1. The van der Waals surface area contributed by atoms with Crippen molar-refractivity contribution in [1.29, 1.82) is 0 Å². The van der Waals surface area contributed by atoms with E-state index >= 15 is 0 Å². The number of hydrogen-bond donors (Lipinski definition) is 2. The third kappa shape index (κ3) is 4.88. The predicted octanol–water partition coefficient (Wildman–Crippen LogP) is 3.56. The van der Waals surface area contributed by atoms with Gasteiger partial charge in [0.2, 0.25) is 0 Å². The Morgan fingerprint density at radius 3 is 2.42 bits per heavy atom. The molecule has 9 heteroatoms. The molecule has 0 aliphatic carbocycles. The van der Waals surface area contributed by atoms with Gasteiger partial charge in [-0.1, -0.05) is 0 Å². The molecule has 166 valence electrons. The number of aromatic nitrogens is 4. The van der Waals surface area contributed by atoms with E-state index in [1.807, 2.05) is 37.3 Å². The van der Waals surface area contributed by atoms with Gasteiger partial charge >= 0.3 is 0 Å². The number of carbonyl (C=O) groups excluding carboxylic acids is 1. The second-order valence-corrected chi connectivity index (χ2v) is 7.67. The Balaban J connectivity index is 1.26. The summed E-state index contributed by atoms with van der Waals surface area (Å²) in [5.41, 5.74) is 3.51. The molecule has 0 saturated carbocycles. The number of morpholine rings is 1. The Kier molecular flexibility index (Phi) is 5.77. The summed E-state index contributed by atoms with van der Waals surface area (Å²) < 4.78 is 5.43.